The van der Waals surface area contributed by atoms with Crippen molar-refractivity contribution in [3.05, 3.63) is 52.6 Å². The zero-order chi connectivity index (χ0) is 22.4. The van der Waals surface area contributed by atoms with Crippen LogP contribution in [0.5, 0.6) is 23.0 Å². The normalized spacial score (nSPS) is 21.2. The van der Waals surface area contributed by atoms with Gasteiger partial charge in [0.05, 0.1) is 20.8 Å². The molecule has 0 fully saturated rings. The molecule has 2 aromatic carbocycles. The number of amides is 1. The van der Waals surface area contributed by atoms with Crippen LogP contribution in [0.1, 0.15) is 48.4 Å². The lowest BCUT2D eigenvalue weighted by Gasteiger charge is -2.37. The Morgan fingerprint density at radius 1 is 1.03 bits per heavy atom. The third kappa shape index (κ3) is 3.38. The fourth-order valence-electron chi connectivity index (χ4n) is 5.08. The Balaban J connectivity index is 1.61. The van der Waals surface area contributed by atoms with Crippen LogP contribution in [0.15, 0.2) is 30.3 Å². The number of rotatable bonds is 5. The van der Waals surface area contributed by atoms with Crippen molar-refractivity contribution in [3.63, 3.8) is 0 Å². The van der Waals surface area contributed by atoms with E-state index < -0.39 is 0 Å². The molecule has 0 saturated heterocycles. The monoisotopic (exact) mass is 435 g/mol. The third-order valence-electron chi connectivity index (χ3n) is 6.56. The van der Waals surface area contributed by atoms with Crippen molar-refractivity contribution in [2.75, 3.05) is 27.4 Å². The Morgan fingerprint density at radius 2 is 1.78 bits per heavy atom. The first-order valence-corrected chi connectivity index (χ1v) is 11.3. The Bertz CT molecular complexity index is 1110. The second-order valence-corrected chi connectivity index (χ2v) is 8.59. The van der Waals surface area contributed by atoms with Gasteiger partial charge in [-0.05, 0) is 50.1 Å². The molecule has 0 aliphatic carbocycles. The number of methoxy groups -OCH3 is 2. The van der Waals surface area contributed by atoms with Gasteiger partial charge in [0.15, 0.2) is 11.5 Å². The molecule has 3 heterocycles. The smallest absolute Gasteiger partial charge is 0.227 e. The molecule has 6 heteroatoms. The van der Waals surface area contributed by atoms with Crippen LogP contribution < -0.4 is 18.9 Å². The van der Waals surface area contributed by atoms with Crippen LogP contribution in [0, 0.1) is 0 Å². The molecule has 0 spiro atoms. The lowest BCUT2D eigenvalue weighted by Crippen LogP contribution is -2.38. The fraction of sp³-hybridized carbons (Fsp3) is 0.423. The number of hydrogen-bond donors (Lipinski definition) is 0. The Hall–Kier alpha value is -3.15. The van der Waals surface area contributed by atoms with E-state index in [1.165, 1.54) is 5.56 Å². The minimum atomic E-state index is -0.0841. The molecule has 2 aromatic rings. The molecule has 2 atom stereocenters. The average Bonchev–Trinajstić information content (AvgIpc) is 3.16. The SMILES string of the molecule is CCOc1cc2c(cc1C1C=C3c4cc(OC)c(OC)cc4CCN3C(=O)C1)OC(C)C2. The summed E-state index contributed by atoms with van der Waals surface area (Å²) in [4.78, 5) is 15.1. The van der Waals surface area contributed by atoms with Gasteiger partial charge in [0.25, 0.3) is 0 Å². The third-order valence-corrected chi connectivity index (χ3v) is 6.56. The number of benzene rings is 2. The number of nitrogens with zero attached hydrogens (tertiary/aromatic N) is 1. The van der Waals surface area contributed by atoms with Gasteiger partial charge in [0.2, 0.25) is 5.91 Å². The Morgan fingerprint density at radius 3 is 2.53 bits per heavy atom. The molecule has 0 N–H and O–H groups in total. The van der Waals surface area contributed by atoms with Crippen molar-refractivity contribution in [2.45, 2.75) is 45.1 Å². The largest absolute Gasteiger partial charge is 0.494 e. The molecule has 0 saturated carbocycles. The van der Waals surface area contributed by atoms with Gasteiger partial charge in [-0.15, -0.1) is 0 Å². The van der Waals surface area contributed by atoms with E-state index in [2.05, 4.69) is 25.1 Å². The maximum absolute atomic E-state index is 13.2. The van der Waals surface area contributed by atoms with Crippen molar-refractivity contribution in [2.24, 2.45) is 0 Å². The maximum atomic E-state index is 13.2. The van der Waals surface area contributed by atoms with Crippen LogP contribution >= 0.6 is 0 Å². The fourth-order valence-corrected chi connectivity index (χ4v) is 5.08. The number of allylic oxidation sites excluding steroid dienone is 1. The molecular weight excluding hydrogens is 406 g/mol. The van der Waals surface area contributed by atoms with Gasteiger partial charge in [-0.25, -0.2) is 0 Å². The molecule has 32 heavy (non-hydrogen) atoms. The summed E-state index contributed by atoms with van der Waals surface area (Å²) in [6, 6.07) is 8.18. The summed E-state index contributed by atoms with van der Waals surface area (Å²) < 4.78 is 23.1. The number of ether oxygens (including phenoxy) is 4. The summed E-state index contributed by atoms with van der Waals surface area (Å²) in [5, 5.41) is 0. The second kappa shape index (κ2) is 8.08. The van der Waals surface area contributed by atoms with Crippen LogP contribution in [0.3, 0.4) is 0 Å². The van der Waals surface area contributed by atoms with Gasteiger partial charge >= 0.3 is 0 Å². The van der Waals surface area contributed by atoms with Gasteiger partial charge < -0.3 is 23.8 Å². The first kappa shape index (κ1) is 20.7. The van der Waals surface area contributed by atoms with Gasteiger partial charge in [0.1, 0.15) is 17.6 Å². The van der Waals surface area contributed by atoms with Crippen LogP contribution in [-0.4, -0.2) is 44.3 Å². The van der Waals surface area contributed by atoms with Crippen LogP contribution in [0.2, 0.25) is 0 Å². The lowest BCUT2D eigenvalue weighted by atomic mass is 9.85. The lowest BCUT2D eigenvalue weighted by molar-refractivity contribution is -0.128. The second-order valence-electron chi connectivity index (χ2n) is 8.59. The molecule has 3 aliphatic heterocycles. The van der Waals surface area contributed by atoms with Gasteiger partial charge in [-0.3, -0.25) is 4.79 Å². The van der Waals surface area contributed by atoms with Gasteiger partial charge in [-0.1, -0.05) is 6.08 Å². The van der Waals surface area contributed by atoms with E-state index in [1.54, 1.807) is 14.2 Å². The van der Waals surface area contributed by atoms with Crippen molar-refractivity contribution >= 4 is 11.6 Å². The quantitative estimate of drug-likeness (QED) is 0.699. The molecule has 0 radical (unpaired) electrons. The van der Waals surface area contributed by atoms with E-state index in [9.17, 15) is 4.79 Å². The minimum absolute atomic E-state index is 0.0841. The summed E-state index contributed by atoms with van der Waals surface area (Å²) in [5.74, 6) is 3.17. The Labute approximate surface area is 188 Å². The number of carbonyl (C=O) groups is 1. The van der Waals surface area contributed by atoms with E-state index in [0.717, 1.165) is 46.7 Å². The van der Waals surface area contributed by atoms with Gasteiger partial charge in [0, 0.05) is 47.7 Å². The van der Waals surface area contributed by atoms with E-state index in [0.29, 0.717) is 31.1 Å². The topological polar surface area (TPSA) is 57.2 Å². The summed E-state index contributed by atoms with van der Waals surface area (Å²) in [7, 11) is 3.28. The van der Waals surface area contributed by atoms with Crippen LogP contribution in [0.4, 0.5) is 0 Å². The van der Waals surface area contributed by atoms with E-state index >= 15 is 0 Å². The maximum Gasteiger partial charge on any atom is 0.227 e. The van der Waals surface area contributed by atoms with Crippen LogP contribution in [-0.2, 0) is 17.6 Å². The minimum Gasteiger partial charge on any atom is -0.494 e. The molecule has 3 aliphatic rings. The molecule has 2 unspecified atom stereocenters. The average molecular weight is 436 g/mol. The van der Waals surface area contributed by atoms with Crippen LogP contribution in [0.25, 0.3) is 5.70 Å². The highest BCUT2D eigenvalue weighted by atomic mass is 16.5. The van der Waals surface area contributed by atoms with Crippen molar-refractivity contribution in [1.82, 2.24) is 4.90 Å². The highest BCUT2D eigenvalue weighted by Gasteiger charge is 2.35. The van der Waals surface area contributed by atoms with E-state index in [1.807, 2.05) is 24.0 Å². The number of carbonyl (C=O) groups excluding carboxylic acids is 1. The van der Waals surface area contributed by atoms with E-state index in [4.69, 9.17) is 18.9 Å². The first-order chi connectivity index (χ1) is 15.5. The number of fused-ring (bicyclic) bond motifs is 4. The highest BCUT2D eigenvalue weighted by Crippen LogP contribution is 2.45. The molecular formula is C26H29NO5. The number of hydrogen-bond acceptors (Lipinski definition) is 5. The van der Waals surface area contributed by atoms with Crippen molar-refractivity contribution < 1.29 is 23.7 Å². The molecule has 168 valence electrons. The zero-order valence-electron chi connectivity index (χ0n) is 19.1. The zero-order valence-corrected chi connectivity index (χ0v) is 19.1. The van der Waals surface area contributed by atoms with Crippen molar-refractivity contribution in [3.8, 4) is 23.0 Å². The molecule has 5 rings (SSSR count). The predicted octanol–water partition coefficient (Wildman–Crippen LogP) is 4.34. The van der Waals surface area contributed by atoms with Gasteiger partial charge in [-0.2, -0.15) is 0 Å². The molecule has 6 nitrogen and oxygen atoms in total. The Kier molecular flexibility index (Phi) is 5.24. The summed E-state index contributed by atoms with van der Waals surface area (Å²) in [6.45, 7) is 5.30. The predicted molar refractivity (Wildman–Crippen MR) is 122 cm³/mol. The molecule has 0 aromatic heterocycles. The summed E-state index contributed by atoms with van der Waals surface area (Å²) >= 11 is 0. The molecule has 1 amide bonds. The molecule has 0 bridgehead atoms. The highest BCUT2D eigenvalue weighted by molar-refractivity contribution is 5.92. The van der Waals surface area contributed by atoms with E-state index in [-0.39, 0.29) is 17.9 Å². The van der Waals surface area contributed by atoms with Crippen molar-refractivity contribution in [1.29, 1.82) is 0 Å². The standard InChI is InChI=1S/C26H29NO5/c1-5-31-23-11-18-8-15(2)32-22(18)14-20(23)17-9-21-19-13-25(30-4)24(29-3)10-16(19)6-7-27(21)26(28)12-17/h9-11,13-15,17H,5-8,12H2,1-4H3. The first-order valence-electron chi connectivity index (χ1n) is 11.3. The summed E-state index contributed by atoms with van der Waals surface area (Å²) in [6.07, 6.45) is 4.44. The summed E-state index contributed by atoms with van der Waals surface area (Å²) in [5.41, 5.74) is 5.30.